The molecular weight excluding hydrogens is 572 g/mol. The highest BCUT2D eigenvalue weighted by atomic mass is 32.1. The van der Waals surface area contributed by atoms with Gasteiger partial charge < -0.3 is 19.0 Å². The van der Waals surface area contributed by atoms with Crippen LogP contribution < -0.4 is 10.9 Å². The zero-order valence-electron chi connectivity index (χ0n) is 22.1. The Labute approximate surface area is 245 Å². The van der Waals surface area contributed by atoms with Crippen molar-refractivity contribution in [3.8, 4) is 11.1 Å². The van der Waals surface area contributed by atoms with Crippen molar-refractivity contribution < 1.29 is 28.6 Å². The monoisotopic (exact) mass is 592 g/mol. The fourth-order valence-corrected chi connectivity index (χ4v) is 5.49. The van der Waals surface area contributed by atoms with Gasteiger partial charge in [-0.3, -0.25) is 9.59 Å². The van der Waals surface area contributed by atoms with E-state index in [9.17, 15) is 24.3 Å². The first-order valence-corrected chi connectivity index (χ1v) is 13.8. The summed E-state index contributed by atoms with van der Waals surface area (Å²) in [5, 5.41) is 29.5. The van der Waals surface area contributed by atoms with Gasteiger partial charge in [0.2, 0.25) is 11.5 Å². The number of carboxylic acids is 2. The van der Waals surface area contributed by atoms with Crippen LogP contribution in [-0.2, 0) is 12.8 Å². The van der Waals surface area contributed by atoms with Gasteiger partial charge in [0.1, 0.15) is 11.2 Å². The maximum absolute atomic E-state index is 12.7. The average Bonchev–Trinajstić information content (AvgIpc) is 3.46. The van der Waals surface area contributed by atoms with Gasteiger partial charge in [0, 0.05) is 22.4 Å². The van der Waals surface area contributed by atoms with E-state index < -0.39 is 34.3 Å². The number of rotatable bonds is 8. The highest BCUT2D eigenvalue weighted by molar-refractivity contribution is 7.10. The summed E-state index contributed by atoms with van der Waals surface area (Å²) < 4.78 is 10.7. The molecule has 2 N–H and O–H groups in total. The minimum absolute atomic E-state index is 0.180. The number of hydrogen-bond acceptors (Lipinski definition) is 9. The van der Waals surface area contributed by atoms with Gasteiger partial charge in [0.05, 0.1) is 22.1 Å². The van der Waals surface area contributed by atoms with Gasteiger partial charge in [-0.1, -0.05) is 30.3 Å². The first-order chi connectivity index (χ1) is 20.7. The van der Waals surface area contributed by atoms with E-state index in [4.69, 9.17) is 13.9 Å². The van der Waals surface area contributed by atoms with E-state index in [-0.39, 0.29) is 16.6 Å². The Kier molecular flexibility index (Phi) is 7.22. The number of aromatic carboxylic acids is 2. The Morgan fingerprint density at radius 1 is 0.721 bits per heavy atom. The Hall–Kier alpha value is -5.68. The lowest BCUT2D eigenvalue weighted by Gasteiger charge is -2.07. The van der Waals surface area contributed by atoms with Crippen LogP contribution in [0.1, 0.15) is 31.6 Å². The summed E-state index contributed by atoms with van der Waals surface area (Å²) in [5.41, 5.74) is 3.00. The SMILES string of the molecule is O=C(O)c1cc(=O)c2cc(CCc3cc(N=Nc4cccc(-c5cccc6oc(C(=O)O)cc(=O)c56)c4)cs3)ccc2o1. The van der Waals surface area contributed by atoms with Crippen molar-refractivity contribution in [1.29, 1.82) is 0 Å². The van der Waals surface area contributed by atoms with Crippen LogP contribution in [0.3, 0.4) is 0 Å². The van der Waals surface area contributed by atoms with Gasteiger partial charge in [-0.05, 0) is 65.9 Å². The van der Waals surface area contributed by atoms with Crippen LogP contribution in [-0.4, -0.2) is 22.2 Å². The van der Waals surface area contributed by atoms with Crippen LogP contribution in [0, 0.1) is 0 Å². The molecule has 0 saturated carbocycles. The molecule has 0 atom stereocenters. The lowest BCUT2D eigenvalue weighted by molar-refractivity contribution is 0.0653. The molecule has 0 aliphatic carbocycles. The maximum atomic E-state index is 12.7. The quantitative estimate of drug-likeness (QED) is 0.175. The second-order valence-corrected chi connectivity index (χ2v) is 10.6. The summed E-state index contributed by atoms with van der Waals surface area (Å²) in [5.74, 6) is -3.43. The van der Waals surface area contributed by atoms with Crippen LogP contribution in [0.15, 0.2) is 113 Å². The number of carbonyl (C=O) groups is 2. The number of fused-ring (bicyclic) bond motifs is 2. The van der Waals surface area contributed by atoms with Crippen molar-refractivity contribution in [3.63, 3.8) is 0 Å². The molecule has 10 nitrogen and oxygen atoms in total. The standard InChI is InChI=1S/C32H20N2O8S/c35-24-14-28(31(37)38)41-26-10-8-17(11-23(24)26)7-9-21-13-20(16-43-21)34-33-19-4-1-3-18(12-19)22-5-2-6-27-30(22)25(36)15-29(42-27)32(39)40/h1-6,8,10-16H,7,9H2,(H,37,38)(H,39,40). The van der Waals surface area contributed by atoms with E-state index in [1.807, 2.05) is 23.6 Å². The molecule has 0 aliphatic heterocycles. The summed E-state index contributed by atoms with van der Waals surface area (Å²) >= 11 is 1.54. The third kappa shape index (κ3) is 5.74. The van der Waals surface area contributed by atoms with Crippen molar-refractivity contribution in [2.24, 2.45) is 10.2 Å². The molecule has 11 heteroatoms. The molecule has 212 valence electrons. The Bertz CT molecular complexity index is 2210. The number of nitrogens with zero attached hydrogens (tertiary/aromatic N) is 2. The highest BCUT2D eigenvalue weighted by Gasteiger charge is 2.15. The van der Waals surface area contributed by atoms with Crippen LogP contribution in [0.4, 0.5) is 11.4 Å². The summed E-state index contributed by atoms with van der Waals surface area (Å²) in [6.07, 6.45) is 1.36. The van der Waals surface area contributed by atoms with Crippen LogP contribution in [0.25, 0.3) is 33.1 Å². The minimum Gasteiger partial charge on any atom is -0.475 e. The Morgan fingerprint density at radius 2 is 1.44 bits per heavy atom. The highest BCUT2D eigenvalue weighted by Crippen LogP contribution is 2.31. The number of benzene rings is 3. The third-order valence-electron chi connectivity index (χ3n) is 6.71. The lowest BCUT2D eigenvalue weighted by atomic mass is 10.0. The van der Waals surface area contributed by atoms with Crippen molar-refractivity contribution in [3.05, 3.63) is 127 Å². The molecular formula is C32H20N2O8S. The topological polar surface area (TPSA) is 160 Å². The smallest absolute Gasteiger partial charge is 0.371 e. The van der Waals surface area contributed by atoms with Crippen LogP contribution >= 0.6 is 11.3 Å². The number of hydrogen-bond donors (Lipinski definition) is 2. The zero-order valence-corrected chi connectivity index (χ0v) is 23.0. The van der Waals surface area contributed by atoms with Crippen molar-refractivity contribution in [1.82, 2.24) is 0 Å². The van der Waals surface area contributed by atoms with Crippen molar-refractivity contribution in [2.75, 3.05) is 0 Å². The van der Waals surface area contributed by atoms with Crippen LogP contribution in [0.5, 0.6) is 0 Å². The van der Waals surface area contributed by atoms with Crippen molar-refractivity contribution >= 4 is 56.6 Å². The molecule has 3 aromatic carbocycles. The fraction of sp³-hybridized carbons (Fsp3) is 0.0625. The molecule has 0 radical (unpaired) electrons. The molecule has 0 fully saturated rings. The largest absolute Gasteiger partial charge is 0.475 e. The van der Waals surface area contributed by atoms with Gasteiger partial charge >= 0.3 is 11.9 Å². The zero-order chi connectivity index (χ0) is 30.1. The second kappa shape index (κ2) is 11.3. The van der Waals surface area contributed by atoms with Crippen molar-refractivity contribution in [2.45, 2.75) is 12.8 Å². The number of aryl methyl sites for hydroxylation is 2. The predicted molar refractivity (Wildman–Crippen MR) is 160 cm³/mol. The molecule has 3 aromatic heterocycles. The molecule has 0 saturated heterocycles. The first kappa shape index (κ1) is 27.5. The molecule has 3 heterocycles. The summed E-state index contributed by atoms with van der Waals surface area (Å²) in [6.45, 7) is 0. The number of carboxylic acid groups (broad SMARTS) is 2. The normalized spacial score (nSPS) is 11.4. The van der Waals surface area contributed by atoms with E-state index in [1.165, 1.54) is 11.3 Å². The molecule has 0 unspecified atom stereocenters. The maximum Gasteiger partial charge on any atom is 0.371 e. The predicted octanol–water partition coefficient (Wildman–Crippen LogP) is 7.22. The molecule has 0 amide bonds. The van der Waals surface area contributed by atoms with Crippen LogP contribution in [0.2, 0.25) is 0 Å². The van der Waals surface area contributed by atoms with E-state index in [2.05, 4.69) is 10.2 Å². The van der Waals surface area contributed by atoms with Gasteiger partial charge in [-0.2, -0.15) is 5.11 Å². The summed E-state index contributed by atoms with van der Waals surface area (Å²) in [4.78, 5) is 48.6. The molecule has 0 spiro atoms. The molecule has 0 aliphatic rings. The van der Waals surface area contributed by atoms with Gasteiger partial charge in [-0.25, -0.2) is 9.59 Å². The molecule has 6 aromatic rings. The third-order valence-corrected chi connectivity index (χ3v) is 7.69. The second-order valence-electron chi connectivity index (χ2n) is 9.59. The minimum atomic E-state index is -1.32. The van der Waals surface area contributed by atoms with Gasteiger partial charge in [0.15, 0.2) is 10.9 Å². The number of thiophene rings is 1. The van der Waals surface area contributed by atoms with E-state index in [0.717, 1.165) is 22.6 Å². The average molecular weight is 593 g/mol. The van der Waals surface area contributed by atoms with Gasteiger partial charge in [-0.15, -0.1) is 16.5 Å². The molecule has 6 rings (SSSR count). The Morgan fingerprint density at radius 3 is 2.23 bits per heavy atom. The van der Waals surface area contributed by atoms with Gasteiger partial charge in [0.25, 0.3) is 0 Å². The molecule has 0 bridgehead atoms. The summed E-state index contributed by atoms with van der Waals surface area (Å²) in [6, 6.07) is 21.2. The number of azo groups is 1. The lowest BCUT2D eigenvalue weighted by Crippen LogP contribution is -2.07. The first-order valence-electron chi connectivity index (χ1n) is 12.9. The fourth-order valence-electron chi connectivity index (χ4n) is 4.69. The Balaban J connectivity index is 1.18. The van der Waals surface area contributed by atoms with E-state index in [1.54, 1.807) is 48.5 Å². The molecule has 43 heavy (non-hydrogen) atoms. The summed E-state index contributed by atoms with van der Waals surface area (Å²) in [7, 11) is 0. The van der Waals surface area contributed by atoms with E-state index >= 15 is 0 Å². The van der Waals surface area contributed by atoms with E-state index in [0.29, 0.717) is 40.7 Å².